The van der Waals surface area contributed by atoms with E-state index in [1.54, 1.807) is 0 Å². The van der Waals surface area contributed by atoms with Crippen LogP contribution in [-0.2, 0) is 4.74 Å². The fraction of sp³-hybridized carbons (Fsp3) is 0.615. The highest BCUT2D eigenvalue weighted by Gasteiger charge is 2.31. The van der Waals surface area contributed by atoms with Crippen LogP contribution in [0.5, 0.6) is 0 Å². The minimum absolute atomic E-state index is 0.332. The van der Waals surface area contributed by atoms with Crippen LogP contribution in [0.2, 0.25) is 0 Å². The van der Waals surface area contributed by atoms with Crippen LogP contribution in [0.15, 0.2) is 18.3 Å². The Morgan fingerprint density at radius 2 is 2.31 bits per heavy atom. The predicted molar refractivity (Wildman–Crippen MR) is 64.3 cm³/mol. The van der Waals surface area contributed by atoms with Crippen LogP contribution < -0.4 is 5.32 Å². The normalized spacial score (nSPS) is 26.9. The first-order valence-electron chi connectivity index (χ1n) is 5.94. The van der Waals surface area contributed by atoms with Crippen molar-refractivity contribution in [3.05, 3.63) is 29.6 Å². The van der Waals surface area contributed by atoms with Crippen molar-refractivity contribution in [1.82, 2.24) is 10.3 Å². The van der Waals surface area contributed by atoms with Crippen LogP contribution in [0.3, 0.4) is 0 Å². The molecule has 0 bridgehead atoms. The molecule has 0 amide bonds. The SMILES string of the molecule is CNC(c1ccc(C)nc1)C1CCOC1C. The van der Waals surface area contributed by atoms with Crippen LogP contribution in [0.25, 0.3) is 0 Å². The number of aryl methyl sites for hydroxylation is 1. The number of rotatable bonds is 3. The van der Waals surface area contributed by atoms with Crippen molar-refractivity contribution in [2.75, 3.05) is 13.7 Å². The molecule has 1 N–H and O–H groups in total. The van der Waals surface area contributed by atoms with E-state index in [0.717, 1.165) is 18.7 Å². The van der Waals surface area contributed by atoms with E-state index in [-0.39, 0.29) is 0 Å². The van der Waals surface area contributed by atoms with Crippen molar-refractivity contribution >= 4 is 0 Å². The van der Waals surface area contributed by atoms with E-state index in [9.17, 15) is 0 Å². The number of nitrogens with zero attached hydrogens (tertiary/aromatic N) is 1. The fourth-order valence-corrected chi connectivity index (χ4v) is 2.48. The lowest BCUT2D eigenvalue weighted by Gasteiger charge is -2.25. The lowest BCUT2D eigenvalue weighted by molar-refractivity contribution is 0.0962. The molecule has 16 heavy (non-hydrogen) atoms. The molecule has 3 heteroatoms. The van der Waals surface area contributed by atoms with Gasteiger partial charge in [-0.25, -0.2) is 0 Å². The molecular formula is C13H20N2O. The molecule has 0 spiro atoms. The number of hydrogen-bond acceptors (Lipinski definition) is 3. The molecule has 0 saturated carbocycles. The Hall–Kier alpha value is -0.930. The second kappa shape index (κ2) is 4.93. The maximum Gasteiger partial charge on any atom is 0.0594 e. The topological polar surface area (TPSA) is 34.2 Å². The Labute approximate surface area is 97.2 Å². The number of nitrogens with one attached hydrogen (secondary N) is 1. The van der Waals surface area contributed by atoms with Crippen LogP contribution in [0.1, 0.15) is 30.6 Å². The van der Waals surface area contributed by atoms with E-state index in [2.05, 4.69) is 29.4 Å². The van der Waals surface area contributed by atoms with Crippen molar-refractivity contribution in [2.24, 2.45) is 5.92 Å². The van der Waals surface area contributed by atoms with Gasteiger partial charge in [0.05, 0.1) is 6.10 Å². The van der Waals surface area contributed by atoms with Gasteiger partial charge in [-0.1, -0.05) is 6.07 Å². The monoisotopic (exact) mass is 220 g/mol. The number of pyridine rings is 1. The van der Waals surface area contributed by atoms with Crippen LogP contribution in [0.4, 0.5) is 0 Å². The molecule has 3 atom stereocenters. The Balaban J connectivity index is 2.18. The van der Waals surface area contributed by atoms with Crippen molar-refractivity contribution in [1.29, 1.82) is 0 Å². The minimum Gasteiger partial charge on any atom is -0.378 e. The molecule has 3 nitrogen and oxygen atoms in total. The quantitative estimate of drug-likeness (QED) is 0.846. The molecule has 1 aromatic rings. The van der Waals surface area contributed by atoms with E-state index < -0.39 is 0 Å². The van der Waals surface area contributed by atoms with Crippen molar-refractivity contribution in [3.8, 4) is 0 Å². The zero-order valence-electron chi connectivity index (χ0n) is 10.2. The van der Waals surface area contributed by atoms with Crippen LogP contribution in [-0.4, -0.2) is 24.7 Å². The molecule has 0 aliphatic carbocycles. The second-order valence-corrected chi connectivity index (χ2v) is 4.53. The summed E-state index contributed by atoms with van der Waals surface area (Å²) in [5.41, 5.74) is 2.32. The van der Waals surface area contributed by atoms with E-state index in [1.807, 2.05) is 20.2 Å². The smallest absolute Gasteiger partial charge is 0.0594 e. The van der Waals surface area contributed by atoms with E-state index in [0.29, 0.717) is 18.1 Å². The second-order valence-electron chi connectivity index (χ2n) is 4.53. The highest BCUT2D eigenvalue weighted by molar-refractivity contribution is 5.18. The molecular weight excluding hydrogens is 200 g/mol. The van der Waals surface area contributed by atoms with Gasteiger partial charge in [-0.2, -0.15) is 0 Å². The Bertz CT molecular complexity index is 336. The maximum atomic E-state index is 5.63. The average Bonchev–Trinajstić information content (AvgIpc) is 2.69. The molecule has 1 saturated heterocycles. The third kappa shape index (κ3) is 2.25. The highest BCUT2D eigenvalue weighted by atomic mass is 16.5. The van der Waals surface area contributed by atoms with Gasteiger partial charge in [0, 0.05) is 30.5 Å². The summed E-state index contributed by atoms with van der Waals surface area (Å²) in [7, 11) is 2.01. The summed E-state index contributed by atoms with van der Waals surface area (Å²) in [6, 6.07) is 4.58. The summed E-state index contributed by atoms with van der Waals surface area (Å²) < 4.78 is 5.63. The van der Waals surface area contributed by atoms with Gasteiger partial charge in [-0.3, -0.25) is 4.98 Å². The molecule has 0 aromatic carbocycles. The van der Waals surface area contributed by atoms with Gasteiger partial charge in [0.15, 0.2) is 0 Å². The van der Waals surface area contributed by atoms with Gasteiger partial charge in [0.1, 0.15) is 0 Å². The fourth-order valence-electron chi connectivity index (χ4n) is 2.48. The van der Waals surface area contributed by atoms with Crippen molar-refractivity contribution in [2.45, 2.75) is 32.4 Å². The van der Waals surface area contributed by atoms with Crippen molar-refractivity contribution in [3.63, 3.8) is 0 Å². The van der Waals surface area contributed by atoms with Crippen molar-refractivity contribution < 1.29 is 4.74 Å². The van der Waals surface area contributed by atoms with Gasteiger partial charge in [0.2, 0.25) is 0 Å². The van der Waals surface area contributed by atoms with Gasteiger partial charge >= 0.3 is 0 Å². The number of ether oxygens (including phenoxy) is 1. The van der Waals surface area contributed by atoms with Gasteiger partial charge in [-0.05, 0) is 38.9 Å². The number of aromatic nitrogens is 1. The molecule has 88 valence electrons. The van der Waals surface area contributed by atoms with E-state index in [4.69, 9.17) is 4.74 Å². The molecule has 1 aromatic heterocycles. The molecule has 1 aliphatic heterocycles. The molecule has 1 aliphatic rings. The summed E-state index contributed by atoms with van der Waals surface area (Å²) in [4.78, 5) is 4.36. The summed E-state index contributed by atoms with van der Waals surface area (Å²) in [6.45, 7) is 5.05. The largest absolute Gasteiger partial charge is 0.378 e. The summed E-state index contributed by atoms with van der Waals surface area (Å²) in [5.74, 6) is 0.550. The molecule has 2 heterocycles. The number of hydrogen-bond donors (Lipinski definition) is 1. The standard InChI is InChI=1S/C13H20N2O/c1-9-4-5-11(8-15-9)13(14-3)12-6-7-16-10(12)2/h4-5,8,10,12-14H,6-7H2,1-3H3. The third-order valence-corrected chi connectivity index (χ3v) is 3.47. The molecule has 3 unspecified atom stereocenters. The predicted octanol–water partition coefficient (Wildman–Crippen LogP) is 2.08. The lowest BCUT2D eigenvalue weighted by Crippen LogP contribution is -2.29. The van der Waals surface area contributed by atoms with Gasteiger partial charge in [0.25, 0.3) is 0 Å². The first-order valence-corrected chi connectivity index (χ1v) is 5.94. The Kier molecular flexibility index (Phi) is 3.56. The molecule has 1 fully saturated rings. The Morgan fingerprint density at radius 1 is 1.50 bits per heavy atom. The maximum absolute atomic E-state index is 5.63. The van der Waals surface area contributed by atoms with Crippen LogP contribution in [0, 0.1) is 12.8 Å². The average molecular weight is 220 g/mol. The van der Waals surface area contributed by atoms with Gasteiger partial charge in [-0.15, -0.1) is 0 Å². The summed E-state index contributed by atoms with van der Waals surface area (Å²) >= 11 is 0. The first-order chi connectivity index (χ1) is 7.72. The summed E-state index contributed by atoms with van der Waals surface area (Å²) in [6.07, 6.45) is 3.43. The summed E-state index contributed by atoms with van der Waals surface area (Å²) in [5, 5.41) is 3.39. The van der Waals surface area contributed by atoms with E-state index in [1.165, 1.54) is 5.56 Å². The zero-order chi connectivity index (χ0) is 11.5. The minimum atomic E-state index is 0.332. The Morgan fingerprint density at radius 3 is 2.81 bits per heavy atom. The first kappa shape index (κ1) is 11.6. The highest BCUT2D eigenvalue weighted by Crippen LogP contribution is 2.32. The zero-order valence-corrected chi connectivity index (χ0v) is 10.2. The van der Waals surface area contributed by atoms with Gasteiger partial charge < -0.3 is 10.1 Å². The molecule has 0 radical (unpaired) electrons. The molecule has 2 rings (SSSR count). The van der Waals surface area contributed by atoms with E-state index >= 15 is 0 Å². The lowest BCUT2D eigenvalue weighted by atomic mass is 9.89. The van der Waals surface area contributed by atoms with Crippen LogP contribution >= 0.6 is 0 Å². The third-order valence-electron chi connectivity index (χ3n) is 3.47.